The van der Waals surface area contributed by atoms with Crippen LogP contribution in [0.4, 0.5) is 0 Å². The number of hydrogen-bond acceptors (Lipinski definition) is 7. The molecule has 0 radical (unpaired) electrons. The third kappa shape index (κ3) is 3.90. The standard InChI is InChI=1S/C22H19BrN2O5S/c1-4-29-21(27)18-12(2)24-22-25(19(18)14-7-5-6-8-15(14)28-3)20(26)16(31-22)11-13-9-10-17(23)30-13/h5-11,19H,4H2,1-3H3/b16-11+. The third-order valence-electron chi connectivity index (χ3n) is 4.82. The lowest BCUT2D eigenvalue weighted by Gasteiger charge is -2.25. The summed E-state index contributed by atoms with van der Waals surface area (Å²) in [4.78, 5) is 31.4. The maximum atomic E-state index is 13.5. The number of nitrogens with zero attached hydrogens (tertiary/aromatic N) is 2. The van der Waals surface area contributed by atoms with E-state index < -0.39 is 12.0 Å². The van der Waals surface area contributed by atoms with Crippen LogP contribution in [0.1, 0.15) is 31.2 Å². The summed E-state index contributed by atoms with van der Waals surface area (Å²) in [5.74, 6) is 0.588. The van der Waals surface area contributed by atoms with Crippen molar-refractivity contribution in [1.29, 1.82) is 0 Å². The molecule has 7 nitrogen and oxygen atoms in total. The van der Waals surface area contributed by atoms with E-state index in [1.54, 1.807) is 45.2 Å². The number of benzene rings is 1. The average molecular weight is 503 g/mol. The number of carbonyl (C=O) groups excluding carboxylic acids is 1. The highest BCUT2D eigenvalue weighted by Crippen LogP contribution is 2.35. The molecule has 1 unspecified atom stereocenters. The summed E-state index contributed by atoms with van der Waals surface area (Å²) in [7, 11) is 1.55. The fraction of sp³-hybridized carbons (Fsp3) is 0.227. The Hall–Kier alpha value is -2.91. The number of para-hydroxylation sites is 1. The molecule has 3 aromatic rings. The molecular formula is C22H19BrN2O5S. The van der Waals surface area contributed by atoms with E-state index in [0.717, 1.165) is 0 Å². The summed E-state index contributed by atoms with van der Waals surface area (Å²) in [5.41, 5.74) is 1.21. The maximum Gasteiger partial charge on any atom is 0.338 e. The lowest BCUT2D eigenvalue weighted by molar-refractivity contribution is -0.139. The number of aromatic nitrogens is 1. The van der Waals surface area contributed by atoms with Gasteiger partial charge in [0.2, 0.25) is 0 Å². The van der Waals surface area contributed by atoms with Crippen LogP contribution >= 0.6 is 27.3 Å². The smallest absolute Gasteiger partial charge is 0.338 e. The zero-order chi connectivity index (χ0) is 22.1. The summed E-state index contributed by atoms with van der Waals surface area (Å²) < 4.78 is 18.9. The Labute approximate surface area is 190 Å². The van der Waals surface area contributed by atoms with Gasteiger partial charge in [-0.15, -0.1) is 0 Å². The fourth-order valence-electron chi connectivity index (χ4n) is 3.51. The van der Waals surface area contributed by atoms with Gasteiger partial charge in [-0.2, -0.15) is 0 Å². The highest BCUT2D eigenvalue weighted by Gasteiger charge is 2.34. The highest BCUT2D eigenvalue weighted by molar-refractivity contribution is 9.10. The van der Waals surface area contributed by atoms with Gasteiger partial charge in [0.25, 0.3) is 5.56 Å². The van der Waals surface area contributed by atoms with Gasteiger partial charge in [-0.1, -0.05) is 29.5 Å². The number of rotatable bonds is 5. The number of carbonyl (C=O) groups is 1. The van der Waals surface area contributed by atoms with E-state index >= 15 is 0 Å². The van der Waals surface area contributed by atoms with Gasteiger partial charge >= 0.3 is 5.97 Å². The first-order valence-corrected chi connectivity index (χ1v) is 11.1. The van der Waals surface area contributed by atoms with Crippen molar-refractivity contribution >= 4 is 39.3 Å². The number of esters is 1. The normalized spacial score (nSPS) is 16.1. The van der Waals surface area contributed by atoms with Crippen LogP contribution in [-0.2, 0) is 9.53 Å². The number of fused-ring (bicyclic) bond motifs is 1. The van der Waals surface area contributed by atoms with Crippen LogP contribution in [0.3, 0.4) is 0 Å². The monoisotopic (exact) mass is 502 g/mol. The average Bonchev–Trinajstić information content (AvgIpc) is 3.29. The zero-order valence-corrected chi connectivity index (χ0v) is 19.5. The second kappa shape index (κ2) is 8.68. The van der Waals surface area contributed by atoms with Gasteiger partial charge in [-0.3, -0.25) is 9.36 Å². The van der Waals surface area contributed by atoms with Crippen LogP contribution in [0.15, 0.2) is 66.5 Å². The van der Waals surface area contributed by atoms with Gasteiger partial charge < -0.3 is 13.9 Å². The van der Waals surface area contributed by atoms with E-state index in [4.69, 9.17) is 13.9 Å². The summed E-state index contributed by atoms with van der Waals surface area (Å²) in [5, 5.41) is 0. The molecule has 1 aromatic carbocycles. The van der Waals surface area contributed by atoms with Crippen molar-refractivity contribution in [3.05, 3.63) is 83.3 Å². The van der Waals surface area contributed by atoms with Crippen molar-refractivity contribution in [1.82, 2.24) is 4.57 Å². The summed E-state index contributed by atoms with van der Waals surface area (Å²) in [6.07, 6.45) is 1.66. The number of halogens is 1. The number of ether oxygens (including phenoxy) is 2. The van der Waals surface area contributed by atoms with E-state index in [1.165, 1.54) is 15.9 Å². The Balaban J connectivity index is 2.00. The van der Waals surface area contributed by atoms with Gasteiger partial charge in [0.05, 0.1) is 29.5 Å². The summed E-state index contributed by atoms with van der Waals surface area (Å²) in [6, 6.07) is 10.1. The van der Waals surface area contributed by atoms with Crippen LogP contribution in [-0.4, -0.2) is 24.3 Å². The zero-order valence-electron chi connectivity index (χ0n) is 17.0. The van der Waals surface area contributed by atoms with E-state index in [2.05, 4.69) is 20.9 Å². The molecule has 0 amide bonds. The van der Waals surface area contributed by atoms with Crippen molar-refractivity contribution in [2.45, 2.75) is 19.9 Å². The Morgan fingerprint density at radius 1 is 1.32 bits per heavy atom. The molecule has 0 saturated carbocycles. The second-order valence-electron chi connectivity index (χ2n) is 6.69. The first kappa shape index (κ1) is 21.3. The number of hydrogen-bond donors (Lipinski definition) is 0. The SMILES string of the molecule is CCOC(=O)C1=C(C)N=c2s/c(=C/c3ccc(Br)o3)c(=O)n2C1c1ccccc1OC. The molecule has 160 valence electrons. The van der Waals surface area contributed by atoms with Crippen molar-refractivity contribution < 1.29 is 18.7 Å². The molecule has 0 bridgehead atoms. The minimum Gasteiger partial charge on any atom is -0.496 e. The minimum atomic E-state index is -0.725. The maximum absolute atomic E-state index is 13.5. The first-order valence-electron chi connectivity index (χ1n) is 9.52. The van der Waals surface area contributed by atoms with Crippen LogP contribution in [0.5, 0.6) is 5.75 Å². The van der Waals surface area contributed by atoms with E-state index in [-0.39, 0.29) is 12.2 Å². The van der Waals surface area contributed by atoms with E-state index in [0.29, 0.717) is 42.3 Å². The quantitative estimate of drug-likeness (QED) is 0.500. The molecule has 31 heavy (non-hydrogen) atoms. The topological polar surface area (TPSA) is 83.0 Å². The molecule has 1 atom stereocenters. The molecule has 2 aromatic heterocycles. The van der Waals surface area contributed by atoms with Gasteiger partial charge in [0.15, 0.2) is 9.47 Å². The molecular weight excluding hydrogens is 484 g/mol. The van der Waals surface area contributed by atoms with Gasteiger partial charge in [0.1, 0.15) is 17.6 Å². The van der Waals surface area contributed by atoms with Crippen molar-refractivity contribution in [3.63, 3.8) is 0 Å². The van der Waals surface area contributed by atoms with Crippen LogP contribution in [0.25, 0.3) is 6.08 Å². The molecule has 1 aliphatic rings. The van der Waals surface area contributed by atoms with Crippen molar-refractivity contribution in [2.24, 2.45) is 4.99 Å². The molecule has 4 rings (SSSR count). The molecule has 0 saturated heterocycles. The Morgan fingerprint density at radius 2 is 2.10 bits per heavy atom. The molecule has 0 spiro atoms. The Bertz CT molecular complexity index is 1360. The largest absolute Gasteiger partial charge is 0.496 e. The van der Waals surface area contributed by atoms with Crippen LogP contribution < -0.4 is 19.6 Å². The predicted octanol–water partition coefficient (Wildman–Crippen LogP) is 3.16. The van der Waals surface area contributed by atoms with E-state index in [1.807, 2.05) is 18.2 Å². The number of methoxy groups -OCH3 is 1. The summed E-state index contributed by atoms with van der Waals surface area (Å²) >= 11 is 4.50. The molecule has 0 fully saturated rings. The molecule has 1 aliphatic heterocycles. The third-order valence-corrected chi connectivity index (χ3v) is 6.23. The van der Waals surface area contributed by atoms with Crippen LogP contribution in [0, 0.1) is 0 Å². The molecule has 0 aliphatic carbocycles. The summed E-state index contributed by atoms with van der Waals surface area (Å²) in [6.45, 7) is 3.70. The van der Waals surface area contributed by atoms with Gasteiger partial charge in [0, 0.05) is 11.6 Å². The molecule has 0 N–H and O–H groups in total. The number of thiazole rings is 1. The Kier molecular flexibility index (Phi) is 5.97. The second-order valence-corrected chi connectivity index (χ2v) is 8.48. The molecule has 9 heteroatoms. The number of furan rings is 1. The van der Waals surface area contributed by atoms with Crippen molar-refractivity contribution in [3.8, 4) is 5.75 Å². The first-order chi connectivity index (χ1) is 14.9. The van der Waals surface area contributed by atoms with E-state index in [9.17, 15) is 9.59 Å². The molecule has 3 heterocycles. The lowest BCUT2D eigenvalue weighted by atomic mass is 9.95. The Morgan fingerprint density at radius 3 is 2.77 bits per heavy atom. The van der Waals surface area contributed by atoms with Crippen molar-refractivity contribution in [2.75, 3.05) is 13.7 Å². The number of allylic oxidation sites excluding steroid dienone is 1. The fourth-order valence-corrected chi connectivity index (χ4v) is 4.86. The van der Waals surface area contributed by atoms with Crippen LogP contribution in [0.2, 0.25) is 0 Å². The lowest BCUT2D eigenvalue weighted by Crippen LogP contribution is -2.40. The van der Waals surface area contributed by atoms with Gasteiger partial charge in [-0.25, -0.2) is 9.79 Å². The van der Waals surface area contributed by atoms with Gasteiger partial charge in [-0.05, 0) is 48.0 Å². The highest BCUT2D eigenvalue weighted by atomic mass is 79.9. The predicted molar refractivity (Wildman–Crippen MR) is 120 cm³/mol. The minimum absolute atomic E-state index is 0.214.